The Morgan fingerprint density at radius 1 is 1.30 bits per heavy atom. The summed E-state index contributed by atoms with van der Waals surface area (Å²) in [6.07, 6.45) is 3.05. The molecule has 2 fully saturated rings. The van der Waals surface area contributed by atoms with Gasteiger partial charge in [0.15, 0.2) is 0 Å². The second-order valence-corrected chi connectivity index (χ2v) is 6.88. The topological polar surface area (TPSA) is 41.5 Å². The minimum Gasteiger partial charge on any atom is -0.497 e. The van der Waals surface area contributed by atoms with Crippen molar-refractivity contribution in [2.45, 2.75) is 51.3 Å². The zero-order valence-electron chi connectivity index (χ0n) is 12.6. The van der Waals surface area contributed by atoms with E-state index in [1.165, 1.54) is 12.0 Å². The number of hydrogen-bond donors (Lipinski definition) is 2. The molecule has 0 radical (unpaired) electrons. The summed E-state index contributed by atoms with van der Waals surface area (Å²) in [7, 11) is 1.68. The molecule has 2 aliphatic carbocycles. The van der Waals surface area contributed by atoms with Gasteiger partial charge in [0.1, 0.15) is 5.75 Å². The third-order valence-corrected chi connectivity index (χ3v) is 5.90. The highest BCUT2D eigenvalue weighted by Crippen LogP contribution is 2.60. The van der Waals surface area contributed by atoms with Gasteiger partial charge < -0.3 is 15.2 Å². The number of hydrogen-bond acceptors (Lipinski definition) is 3. The molecule has 110 valence electrons. The number of fused-ring (bicyclic) bond motifs is 2. The molecule has 3 unspecified atom stereocenters. The fourth-order valence-electron chi connectivity index (χ4n) is 4.37. The van der Waals surface area contributed by atoms with Crippen LogP contribution >= 0.6 is 0 Å². The molecular weight excluding hydrogens is 250 g/mol. The molecule has 2 N–H and O–H groups in total. The first-order valence-electron chi connectivity index (χ1n) is 7.55. The van der Waals surface area contributed by atoms with Crippen LogP contribution in [-0.2, 0) is 6.54 Å². The van der Waals surface area contributed by atoms with Gasteiger partial charge >= 0.3 is 0 Å². The van der Waals surface area contributed by atoms with E-state index in [0.717, 1.165) is 25.1 Å². The molecule has 2 aliphatic rings. The second-order valence-electron chi connectivity index (χ2n) is 6.88. The standard InChI is InChI=1S/C17H25NO2/c1-16(2)13-8-9-17(16,15(19)10-13)18-11-12-4-6-14(20-3)7-5-12/h4-7,13,15,18-19H,8-11H2,1-3H3. The fourth-order valence-corrected chi connectivity index (χ4v) is 4.37. The lowest BCUT2D eigenvalue weighted by molar-refractivity contribution is 0.0366. The Balaban J connectivity index is 1.73. The summed E-state index contributed by atoms with van der Waals surface area (Å²) in [6, 6.07) is 8.15. The van der Waals surface area contributed by atoms with E-state index in [4.69, 9.17) is 4.74 Å². The zero-order chi connectivity index (χ0) is 14.4. The Bertz CT molecular complexity index is 482. The van der Waals surface area contributed by atoms with Gasteiger partial charge in [0, 0.05) is 12.1 Å². The van der Waals surface area contributed by atoms with Crippen molar-refractivity contribution in [1.82, 2.24) is 5.32 Å². The summed E-state index contributed by atoms with van der Waals surface area (Å²) in [4.78, 5) is 0. The molecule has 1 aromatic rings. The van der Waals surface area contributed by atoms with Crippen LogP contribution < -0.4 is 10.1 Å². The van der Waals surface area contributed by atoms with Gasteiger partial charge in [0.2, 0.25) is 0 Å². The average Bonchev–Trinajstić information content (AvgIpc) is 2.80. The maximum absolute atomic E-state index is 10.5. The maximum atomic E-state index is 10.5. The Kier molecular flexibility index (Phi) is 3.30. The molecule has 0 amide bonds. The number of aliphatic hydroxyl groups is 1. The van der Waals surface area contributed by atoms with E-state index in [1.54, 1.807) is 7.11 Å². The number of ether oxygens (including phenoxy) is 1. The molecule has 3 atom stereocenters. The molecule has 0 heterocycles. The van der Waals surface area contributed by atoms with Gasteiger partial charge in [-0.05, 0) is 48.3 Å². The van der Waals surface area contributed by atoms with E-state index in [2.05, 4.69) is 31.3 Å². The zero-order valence-corrected chi connectivity index (χ0v) is 12.6. The first-order valence-corrected chi connectivity index (χ1v) is 7.55. The van der Waals surface area contributed by atoms with Gasteiger partial charge in [0.25, 0.3) is 0 Å². The van der Waals surface area contributed by atoms with Crippen molar-refractivity contribution in [1.29, 1.82) is 0 Å². The van der Waals surface area contributed by atoms with Crippen molar-refractivity contribution < 1.29 is 9.84 Å². The predicted octanol–water partition coefficient (Wildman–Crippen LogP) is 2.72. The summed E-state index contributed by atoms with van der Waals surface area (Å²) in [6.45, 7) is 5.42. The van der Waals surface area contributed by atoms with Crippen LogP contribution in [0.4, 0.5) is 0 Å². The highest BCUT2D eigenvalue weighted by Gasteiger charge is 2.63. The summed E-state index contributed by atoms with van der Waals surface area (Å²) >= 11 is 0. The minimum absolute atomic E-state index is 0.113. The molecular formula is C17H25NO2. The second kappa shape index (κ2) is 4.74. The van der Waals surface area contributed by atoms with Crippen molar-refractivity contribution in [2.75, 3.05) is 7.11 Å². The first kappa shape index (κ1) is 13.9. The Morgan fingerprint density at radius 3 is 2.50 bits per heavy atom. The number of aliphatic hydroxyl groups excluding tert-OH is 1. The fraction of sp³-hybridized carbons (Fsp3) is 0.647. The molecule has 0 saturated heterocycles. The van der Waals surface area contributed by atoms with E-state index in [-0.39, 0.29) is 17.1 Å². The van der Waals surface area contributed by atoms with Crippen molar-refractivity contribution in [3.05, 3.63) is 29.8 Å². The van der Waals surface area contributed by atoms with Crippen LogP contribution in [0.2, 0.25) is 0 Å². The van der Waals surface area contributed by atoms with Gasteiger partial charge in [-0.2, -0.15) is 0 Å². The third kappa shape index (κ3) is 1.87. The Morgan fingerprint density at radius 2 is 2.00 bits per heavy atom. The van der Waals surface area contributed by atoms with Crippen molar-refractivity contribution in [2.24, 2.45) is 11.3 Å². The van der Waals surface area contributed by atoms with E-state index >= 15 is 0 Å². The van der Waals surface area contributed by atoms with E-state index in [9.17, 15) is 5.11 Å². The third-order valence-electron chi connectivity index (χ3n) is 5.90. The van der Waals surface area contributed by atoms with Crippen molar-refractivity contribution >= 4 is 0 Å². The molecule has 2 saturated carbocycles. The molecule has 0 aliphatic heterocycles. The quantitative estimate of drug-likeness (QED) is 0.888. The smallest absolute Gasteiger partial charge is 0.118 e. The van der Waals surface area contributed by atoms with Crippen LogP contribution in [0.15, 0.2) is 24.3 Å². The lowest BCUT2D eigenvalue weighted by Gasteiger charge is -2.41. The summed E-state index contributed by atoms with van der Waals surface area (Å²) in [5.74, 6) is 1.54. The van der Waals surface area contributed by atoms with Gasteiger partial charge in [-0.15, -0.1) is 0 Å². The van der Waals surface area contributed by atoms with Crippen LogP contribution in [0.1, 0.15) is 38.7 Å². The van der Waals surface area contributed by atoms with Crippen LogP contribution in [0.3, 0.4) is 0 Å². The first-order chi connectivity index (χ1) is 9.49. The van der Waals surface area contributed by atoms with E-state index in [1.807, 2.05) is 12.1 Å². The molecule has 1 aromatic carbocycles. The maximum Gasteiger partial charge on any atom is 0.118 e. The lowest BCUT2D eigenvalue weighted by Crippen LogP contribution is -2.57. The molecule has 20 heavy (non-hydrogen) atoms. The largest absolute Gasteiger partial charge is 0.497 e. The molecule has 2 bridgehead atoms. The van der Waals surface area contributed by atoms with Gasteiger partial charge in [-0.1, -0.05) is 26.0 Å². The highest BCUT2D eigenvalue weighted by atomic mass is 16.5. The van der Waals surface area contributed by atoms with Crippen molar-refractivity contribution in [3.8, 4) is 5.75 Å². The summed E-state index contributed by atoms with van der Waals surface area (Å²) in [5.41, 5.74) is 1.30. The molecule has 0 aromatic heterocycles. The lowest BCUT2D eigenvalue weighted by atomic mass is 9.75. The van der Waals surface area contributed by atoms with Crippen molar-refractivity contribution in [3.63, 3.8) is 0 Å². The van der Waals surface area contributed by atoms with Gasteiger partial charge in [0.05, 0.1) is 13.2 Å². The van der Waals surface area contributed by atoms with Crippen LogP contribution in [-0.4, -0.2) is 23.9 Å². The van der Waals surface area contributed by atoms with Gasteiger partial charge in [-0.25, -0.2) is 0 Å². The van der Waals surface area contributed by atoms with Crippen LogP contribution in [0.25, 0.3) is 0 Å². The van der Waals surface area contributed by atoms with Crippen LogP contribution in [0, 0.1) is 11.3 Å². The Hall–Kier alpha value is -1.06. The number of methoxy groups -OCH3 is 1. The number of rotatable bonds is 4. The normalized spacial score (nSPS) is 34.4. The molecule has 0 spiro atoms. The highest BCUT2D eigenvalue weighted by molar-refractivity contribution is 5.28. The van der Waals surface area contributed by atoms with E-state index < -0.39 is 0 Å². The Labute approximate surface area is 121 Å². The molecule has 3 heteroatoms. The molecule has 3 rings (SSSR count). The average molecular weight is 275 g/mol. The van der Waals surface area contributed by atoms with E-state index in [0.29, 0.717) is 5.92 Å². The summed E-state index contributed by atoms with van der Waals surface area (Å²) < 4.78 is 5.18. The SMILES string of the molecule is COc1ccc(CNC23CCC(CC2O)C3(C)C)cc1. The minimum atomic E-state index is -0.213. The van der Waals surface area contributed by atoms with Crippen LogP contribution in [0.5, 0.6) is 5.75 Å². The molecule has 3 nitrogen and oxygen atoms in total. The number of nitrogens with one attached hydrogen (secondary N) is 1. The summed E-state index contributed by atoms with van der Waals surface area (Å²) in [5, 5.41) is 14.2. The predicted molar refractivity (Wildman–Crippen MR) is 79.7 cm³/mol. The number of benzene rings is 1. The monoisotopic (exact) mass is 275 g/mol. The van der Waals surface area contributed by atoms with Gasteiger partial charge in [-0.3, -0.25) is 0 Å².